The molecule has 1 fully saturated rings. The van der Waals surface area contributed by atoms with E-state index >= 15 is 0 Å². The summed E-state index contributed by atoms with van der Waals surface area (Å²) in [5.74, 6) is 0.194. The minimum Gasteiger partial charge on any atom is -0.495 e. The van der Waals surface area contributed by atoms with Crippen LogP contribution in [-0.4, -0.2) is 53.0 Å². The number of methoxy groups -OCH3 is 1. The van der Waals surface area contributed by atoms with E-state index in [0.29, 0.717) is 46.0 Å². The summed E-state index contributed by atoms with van der Waals surface area (Å²) in [4.78, 5) is 44.4. The Bertz CT molecular complexity index is 1620. The molecule has 0 spiro atoms. The molecule has 1 aliphatic heterocycles. The summed E-state index contributed by atoms with van der Waals surface area (Å²) in [5, 5.41) is 6.32. The Morgan fingerprint density at radius 1 is 1.10 bits per heavy atom. The SMILES string of the molecule is CC[C@H](Sc1nc2ccccc2c(=O)n1Cc1ccc(C(=O)NC[C@H]2CCCO2)cc1)C(=O)Nc1ccccc1OC. The van der Waals surface area contributed by atoms with E-state index in [1.54, 1.807) is 48.1 Å². The number of carbonyl (C=O) groups excluding carboxylic acids is 2. The van der Waals surface area contributed by atoms with Crippen molar-refractivity contribution in [1.82, 2.24) is 14.9 Å². The largest absolute Gasteiger partial charge is 0.495 e. The maximum atomic E-state index is 13.7. The minimum absolute atomic E-state index is 0.0696. The molecule has 42 heavy (non-hydrogen) atoms. The number of carbonyl (C=O) groups is 2. The normalized spacial score (nSPS) is 15.3. The predicted octanol–water partition coefficient (Wildman–Crippen LogP) is 4.87. The third-order valence-corrected chi connectivity index (χ3v) is 8.53. The topological polar surface area (TPSA) is 112 Å². The second-order valence-corrected chi connectivity index (χ2v) is 11.2. The van der Waals surface area contributed by atoms with Gasteiger partial charge in [-0.05, 0) is 61.2 Å². The van der Waals surface area contributed by atoms with Crippen molar-refractivity contribution in [3.63, 3.8) is 0 Å². The molecule has 0 radical (unpaired) electrons. The lowest BCUT2D eigenvalue weighted by Crippen LogP contribution is -2.31. The zero-order valence-corrected chi connectivity index (χ0v) is 24.5. The third kappa shape index (κ3) is 6.83. The summed E-state index contributed by atoms with van der Waals surface area (Å²) in [7, 11) is 1.55. The number of para-hydroxylation sites is 3. The highest BCUT2D eigenvalue weighted by Gasteiger charge is 2.23. The van der Waals surface area contributed by atoms with Crippen LogP contribution >= 0.6 is 11.8 Å². The lowest BCUT2D eigenvalue weighted by atomic mass is 10.1. The molecule has 3 aromatic carbocycles. The van der Waals surface area contributed by atoms with Gasteiger partial charge in [0.05, 0.1) is 41.6 Å². The van der Waals surface area contributed by atoms with E-state index in [0.717, 1.165) is 25.0 Å². The number of benzene rings is 3. The van der Waals surface area contributed by atoms with Gasteiger partial charge in [-0.25, -0.2) is 4.98 Å². The van der Waals surface area contributed by atoms with Gasteiger partial charge in [0.15, 0.2) is 5.16 Å². The zero-order chi connectivity index (χ0) is 29.5. The van der Waals surface area contributed by atoms with Crippen molar-refractivity contribution in [3.05, 3.63) is 94.3 Å². The lowest BCUT2D eigenvalue weighted by Gasteiger charge is -2.19. The third-order valence-electron chi connectivity index (χ3n) is 7.17. The van der Waals surface area contributed by atoms with Crippen molar-refractivity contribution in [2.45, 2.75) is 49.2 Å². The first-order valence-electron chi connectivity index (χ1n) is 14.1. The fourth-order valence-corrected chi connectivity index (χ4v) is 5.86. The molecule has 1 aromatic heterocycles. The monoisotopic (exact) mass is 586 g/mol. The molecule has 5 rings (SSSR count). The standard InChI is InChI=1S/C32H34N4O5S/c1-3-28(30(38)34-26-12-6-7-13-27(26)40-2)42-32-35-25-11-5-4-10-24(25)31(39)36(32)20-21-14-16-22(17-15-21)29(37)33-19-23-9-8-18-41-23/h4-7,10-17,23,28H,3,8-9,18-20H2,1-2H3,(H,33,37)(H,34,38)/t23-,28+/m1/s1. The molecule has 9 nitrogen and oxygen atoms in total. The van der Waals surface area contributed by atoms with Crippen LogP contribution in [0.2, 0.25) is 0 Å². The van der Waals surface area contributed by atoms with Gasteiger partial charge < -0.3 is 20.1 Å². The van der Waals surface area contributed by atoms with Gasteiger partial charge in [-0.2, -0.15) is 0 Å². The van der Waals surface area contributed by atoms with E-state index < -0.39 is 5.25 Å². The van der Waals surface area contributed by atoms with Gasteiger partial charge in [-0.15, -0.1) is 0 Å². The number of thioether (sulfide) groups is 1. The fourth-order valence-electron chi connectivity index (χ4n) is 4.85. The van der Waals surface area contributed by atoms with Crippen LogP contribution in [0.4, 0.5) is 5.69 Å². The molecule has 218 valence electrons. The van der Waals surface area contributed by atoms with Gasteiger partial charge in [0.1, 0.15) is 5.75 Å². The molecule has 10 heteroatoms. The second kappa shape index (κ2) is 13.7. The smallest absolute Gasteiger partial charge is 0.262 e. The van der Waals surface area contributed by atoms with Crippen LogP contribution in [0.3, 0.4) is 0 Å². The number of anilines is 1. The van der Waals surface area contributed by atoms with Crippen LogP contribution in [0.15, 0.2) is 82.7 Å². The number of rotatable bonds is 11. The maximum absolute atomic E-state index is 13.7. The maximum Gasteiger partial charge on any atom is 0.262 e. The van der Waals surface area contributed by atoms with Crippen LogP contribution < -0.4 is 20.9 Å². The molecule has 0 bridgehead atoms. The Morgan fingerprint density at radius 2 is 1.86 bits per heavy atom. The molecule has 4 aromatic rings. The average Bonchev–Trinajstić information content (AvgIpc) is 3.55. The van der Waals surface area contributed by atoms with E-state index in [-0.39, 0.29) is 30.0 Å². The van der Waals surface area contributed by atoms with Gasteiger partial charge in [-0.1, -0.05) is 55.1 Å². The lowest BCUT2D eigenvalue weighted by molar-refractivity contribution is -0.115. The predicted molar refractivity (Wildman–Crippen MR) is 164 cm³/mol. The van der Waals surface area contributed by atoms with Gasteiger partial charge >= 0.3 is 0 Å². The first-order chi connectivity index (χ1) is 20.5. The Kier molecular flexibility index (Phi) is 9.55. The summed E-state index contributed by atoms with van der Waals surface area (Å²) in [5.41, 5.74) is 2.32. The minimum atomic E-state index is -0.510. The van der Waals surface area contributed by atoms with Crippen molar-refractivity contribution in [2.75, 3.05) is 25.6 Å². The van der Waals surface area contributed by atoms with E-state index in [4.69, 9.17) is 14.5 Å². The van der Waals surface area contributed by atoms with E-state index in [1.165, 1.54) is 11.8 Å². The van der Waals surface area contributed by atoms with Crippen molar-refractivity contribution >= 4 is 40.2 Å². The first-order valence-corrected chi connectivity index (χ1v) is 14.9. The summed E-state index contributed by atoms with van der Waals surface area (Å²) in [6.07, 6.45) is 2.56. The number of hydrogen-bond donors (Lipinski definition) is 2. The number of hydrogen-bond acceptors (Lipinski definition) is 7. The summed E-state index contributed by atoms with van der Waals surface area (Å²) < 4.78 is 12.6. The van der Waals surface area contributed by atoms with Gasteiger partial charge in [0, 0.05) is 18.7 Å². The van der Waals surface area contributed by atoms with Gasteiger partial charge in [0.2, 0.25) is 5.91 Å². The highest BCUT2D eigenvalue weighted by atomic mass is 32.2. The molecule has 1 saturated heterocycles. The van der Waals surface area contributed by atoms with Crippen molar-refractivity contribution in [3.8, 4) is 5.75 Å². The summed E-state index contributed by atoms with van der Waals surface area (Å²) in [6, 6.07) is 21.6. The van der Waals surface area contributed by atoms with Crippen LogP contribution in [0.1, 0.15) is 42.1 Å². The Balaban J connectivity index is 1.37. The highest BCUT2D eigenvalue weighted by Crippen LogP contribution is 2.29. The molecule has 0 unspecified atom stereocenters. The number of nitrogens with one attached hydrogen (secondary N) is 2. The summed E-state index contributed by atoms with van der Waals surface area (Å²) in [6.45, 7) is 3.39. The molecule has 2 N–H and O–H groups in total. The Morgan fingerprint density at radius 3 is 2.60 bits per heavy atom. The van der Waals surface area contributed by atoms with Gasteiger partial charge in [0.25, 0.3) is 11.5 Å². The van der Waals surface area contributed by atoms with Crippen LogP contribution in [0.5, 0.6) is 5.75 Å². The van der Waals surface area contributed by atoms with Crippen molar-refractivity contribution in [1.29, 1.82) is 0 Å². The molecule has 2 atom stereocenters. The summed E-state index contributed by atoms with van der Waals surface area (Å²) >= 11 is 1.25. The number of fused-ring (bicyclic) bond motifs is 1. The Labute approximate surface area is 248 Å². The number of amides is 2. The quantitative estimate of drug-likeness (QED) is 0.191. The molecule has 0 aliphatic carbocycles. The molecule has 0 saturated carbocycles. The van der Waals surface area contributed by atoms with Crippen LogP contribution in [0.25, 0.3) is 10.9 Å². The van der Waals surface area contributed by atoms with E-state index in [9.17, 15) is 14.4 Å². The Hall–Kier alpha value is -4.15. The number of ether oxygens (including phenoxy) is 2. The van der Waals surface area contributed by atoms with E-state index in [1.807, 2.05) is 43.3 Å². The zero-order valence-electron chi connectivity index (χ0n) is 23.7. The number of nitrogens with zero attached hydrogens (tertiary/aromatic N) is 2. The molecular formula is C32H34N4O5S. The fraction of sp³-hybridized carbons (Fsp3) is 0.312. The second-order valence-electron chi connectivity index (χ2n) is 10.0. The average molecular weight is 587 g/mol. The first kappa shape index (κ1) is 29.3. The number of aromatic nitrogens is 2. The van der Waals surface area contributed by atoms with Crippen molar-refractivity contribution in [2.24, 2.45) is 0 Å². The molecule has 2 heterocycles. The highest BCUT2D eigenvalue weighted by molar-refractivity contribution is 8.00. The molecular weight excluding hydrogens is 552 g/mol. The van der Waals surface area contributed by atoms with E-state index in [2.05, 4.69) is 10.6 Å². The van der Waals surface area contributed by atoms with Crippen LogP contribution in [0, 0.1) is 0 Å². The molecule has 2 amide bonds. The van der Waals surface area contributed by atoms with Gasteiger partial charge in [-0.3, -0.25) is 19.0 Å². The molecule has 1 aliphatic rings. The van der Waals surface area contributed by atoms with Crippen LogP contribution in [-0.2, 0) is 16.1 Å². The van der Waals surface area contributed by atoms with Crippen molar-refractivity contribution < 1.29 is 19.1 Å².